The largest absolute Gasteiger partial charge is 0.483 e. The van der Waals surface area contributed by atoms with E-state index in [0.29, 0.717) is 22.6 Å². The standard InChI is InChI=1S/C26H21F4N3O3/c1-2-16-5-9-20(10-6-16)36-15-33-13-19(12-31-33)32-26(34)18-7-3-17(4-8-18)14-35-25-23(29)21(27)11-22(28)24(25)30/h3-13H,2,14-15H2,1H3,(H,32,34). The highest BCUT2D eigenvalue weighted by atomic mass is 19.2. The minimum atomic E-state index is -1.62. The highest BCUT2D eigenvalue weighted by Crippen LogP contribution is 2.27. The molecule has 0 aliphatic carbocycles. The molecule has 0 unspecified atom stereocenters. The number of hydrogen-bond donors (Lipinski definition) is 1. The lowest BCUT2D eigenvalue weighted by Crippen LogP contribution is -2.12. The van der Waals surface area contributed by atoms with Gasteiger partial charge < -0.3 is 14.8 Å². The second-order valence-electron chi connectivity index (χ2n) is 7.78. The number of benzene rings is 3. The smallest absolute Gasteiger partial charge is 0.255 e. The maximum Gasteiger partial charge on any atom is 0.255 e. The maximum atomic E-state index is 13.7. The second-order valence-corrected chi connectivity index (χ2v) is 7.78. The first-order valence-corrected chi connectivity index (χ1v) is 10.9. The average Bonchev–Trinajstić information content (AvgIpc) is 3.34. The van der Waals surface area contributed by atoms with E-state index in [1.54, 1.807) is 6.20 Å². The third-order valence-corrected chi connectivity index (χ3v) is 5.26. The summed E-state index contributed by atoms with van der Waals surface area (Å²) in [7, 11) is 0. The molecule has 1 aromatic heterocycles. The zero-order valence-electron chi connectivity index (χ0n) is 19.1. The molecule has 0 saturated heterocycles. The first-order valence-electron chi connectivity index (χ1n) is 10.9. The van der Waals surface area contributed by atoms with Crippen LogP contribution in [0.2, 0.25) is 0 Å². The fourth-order valence-electron chi connectivity index (χ4n) is 3.25. The summed E-state index contributed by atoms with van der Waals surface area (Å²) in [4.78, 5) is 12.5. The zero-order chi connectivity index (χ0) is 25.7. The van der Waals surface area contributed by atoms with Crippen LogP contribution < -0.4 is 14.8 Å². The monoisotopic (exact) mass is 499 g/mol. The Morgan fingerprint density at radius 3 is 2.19 bits per heavy atom. The molecule has 0 spiro atoms. The molecule has 0 aliphatic heterocycles. The SMILES string of the molecule is CCc1ccc(OCn2cc(NC(=O)c3ccc(COc4c(F)c(F)cc(F)c4F)cc3)cn2)cc1. The van der Waals surface area contributed by atoms with Gasteiger partial charge in [0.1, 0.15) is 12.4 Å². The molecule has 0 fully saturated rings. The number of halogens is 4. The topological polar surface area (TPSA) is 65.4 Å². The Hall–Kier alpha value is -4.34. The normalized spacial score (nSPS) is 10.8. The van der Waals surface area contributed by atoms with E-state index >= 15 is 0 Å². The summed E-state index contributed by atoms with van der Waals surface area (Å²) < 4.78 is 66.1. The molecule has 6 nitrogen and oxygen atoms in total. The van der Waals surface area contributed by atoms with E-state index in [4.69, 9.17) is 9.47 Å². The highest BCUT2D eigenvalue weighted by molar-refractivity contribution is 6.04. The average molecular weight is 499 g/mol. The summed E-state index contributed by atoms with van der Waals surface area (Å²) in [6.45, 7) is 1.86. The summed E-state index contributed by atoms with van der Waals surface area (Å²) in [6.07, 6.45) is 4.03. The van der Waals surface area contributed by atoms with Gasteiger partial charge >= 0.3 is 0 Å². The maximum absolute atomic E-state index is 13.7. The van der Waals surface area contributed by atoms with Crippen molar-refractivity contribution in [1.82, 2.24) is 9.78 Å². The molecule has 0 radical (unpaired) electrons. The number of aryl methyl sites for hydroxylation is 1. The fourth-order valence-corrected chi connectivity index (χ4v) is 3.25. The van der Waals surface area contributed by atoms with Crippen molar-refractivity contribution in [3.05, 3.63) is 107 Å². The van der Waals surface area contributed by atoms with Crippen molar-refractivity contribution in [1.29, 1.82) is 0 Å². The molecule has 36 heavy (non-hydrogen) atoms. The molecule has 0 bridgehead atoms. The van der Waals surface area contributed by atoms with E-state index in [9.17, 15) is 22.4 Å². The summed E-state index contributed by atoms with van der Waals surface area (Å²) >= 11 is 0. The number of anilines is 1. The Balaban J connectivity index is 1.31. The Morgan fingerprint density at radius 2 is 1.56 bits per heavy atom. The van der Waals surface area contributed by atoms with Crippen LogP contribution in [0.3, 0.4) is 0 Å². The molecule has 3 aromatic carbocycles. The van der Waals surface area contributed by atoms with Crippen LogP contribution in [0.4, 0.5) is 23.2 Å². The lowest BCUT2D eigenvalue weighted by Gasteiger charge is -2.10. The van der Waals surface area contributed by atoms with Gasteiger partial charge in [0, 0.05) is 11.6 Å². The van der Waals surface area contributed by atoms with E-state index in [0.717, 1.165) is 6.42 Å². The summed E-state index contributed by atoms with van der Waals surface area (Å²) in [5, 5.41) is 6.86. The number of ether oxygens (including phenoxy) is 2. The van der Waals surface area contributed by atoms with Crippen LogP contribution in [-0.2, 0) is 19.8 Å². The Morgan fingerprint density at radius 1 is 0.917 bits per heavy atom. The van der Waals surface area contributed by atoms with Gasteiger partial charge in [-0.25, -0.2) is 13.5 Å². The summed E-state index contributed by atoms with van der Waals surface area (Å²) in [6, 6.07) is 13.8. The lowest BCUT2D eigenvalue weighted by molar-refractivity contribution is 0.102. The number of amides is 1. The summed E-state index contributed by atoms with van der Waals surface area (Å²) in [5.41, 5.74) is 2.38. The van der Waals surface area contributed by atoms with Crippen LogP contribution >= 0.6 is 0 Å². The van der Waals surface area contributed by atoms with E-state index in [1.165, 1.54) is 40.7 Å². The van der Waals surface area contributed by atoms with Gasteiger partial charge in [-0.3, -0.25) is 4.79 Å². The van der Waals surface area contributed by atoms with Crippen molar-refractivity contribution < 1.29 is 31.8 Å². The van der Waals surface area contributed by atoms with Gasteiger partial charge in [0.25, 0.3) is 5.91 Å². The van der Waals surface area contributed by atoms with Crippen molar-refractivity contribution in [2.45, 2.75) is 26.7 Å². The second kappa shape index (κ2) is 10.9. The molecule has 4 aromatic rings. The molecule has 1 heterocycles. The quantitative estimate of drug-likeness (QED) is 0.231. The number of rotatable bonds is 9. The molecule has 1 amide bonds. The van der Waals surface area contributed by atoms with Crippen LogP contribution in [0, 0.1) is 23.3 Å². The van der Waals surface area contributed by atoms with Gasteiger partial charge in [-0.1, -0.05) is 31.2 Å². The molecular formula is C26H21F4N3O3. The Bertz CT molecular complexity index is 1330. The first-order chi connectivity index (χ1) is 17.3. The van der Waals surface area contributed by atoms with Crippen molar-refractivity contribution >= 4 is 11.6 Å². The van der Waals surface area contributed by atoms with Crippen LogP contribution in [-0.4, -0.2) is 15.7 Å². The Kier molecular flexibility index (Phi) is 7.53. The number of carbonyl (C=O) groups is 1. The minimum absolute atomic E-state index is 0.104. The van der Waals surface area contributed by atoms with Crippen molar-refractivity contribution in [2.24, 2.45) is 0 Å². The number of nitrogens with one attached hydrogen (secondary N) is 1. The van der Waals surface area contributed by atoms with Crippen LogP contribution in [0.15, 0.2) is 67.0 Å². The molecule has 186 valence electrons. The van der Waals surface area contributed by atoms with Crippen LogP contribution in [0.1, 0.15) is 28.4 Å². The molecule has 0 saturated carbocycles. The third kappa shape index (κ3) is 5.83. The lowest BCUT2D eigenvalue weighted by atomic mass is 10.1. The molecule has 0 aliphatic rings. The van der Waals surface area contributed by atoms with Gasteiger partial charge in [0.05, 0.1) is 18.1 Å². The van der Waals surface area contributed by atoms with Crippen molar-refractivity contribution in [3.63, 3.8) is 0 Å². The number of hydrogen-bond acceptors (Lipinski definition) is 4. The van der Waals surface area contributed by atoms with Gasteiger partial charge in [-0.05, 0) is 41.8 Å². The van der Waals surface area contributed by atoms with E-state index in [-0.39, 0.29) is 19.4 Å². The summed E-state index contributed by atoms with van der Waals surface area (Å²) in [5.74, 6) is -7.22. The van der Waals surface area contributed by atoms with Crippen LogP contribution in [0.5, 0.6) is 11.5 Å². The molecule has 4 rings (SSSR count). The predicted molar refractivity (Wildman–Crippen MR) is 124 cm³/mol. The van der Waals surface area contributed by atoms with Crippen LogP contribution in [0.25, 0.3) is 0 Å². The number of nitrogens with zero attached hydrogens (tertiary/aromatic N) is 2. The molecule has 0 atom stereocenters. The number of aromatic nitrogens is 2. The third-order valence-electron chi connectivity index (χ3n) is 5.26. The van der Waals surface area contributed by atoms with Gasteiger partial charge in [0.15, 0.2) is 24.1 Å². The van der Waals surface area contributed by atoms with Crippen molar-refractivity contribution in [2.75, 3.05) is 5.32 Å². The minimum Gasteiger partial charge on any atom is -0.483 e. The van der Waals surface area contributed by atoms with Gasteiger partial charge in [0.2, 0.25) is 11.6 Å². The van der Waals surface area contributed by atoms with E-state index < -0.39 is 34.9 Å². The Labute approximate surface area is 204 Å². The molecular weight excluding hydrogens is 478 g/mol. The van der Waals surface area contributed by atoms with Gasteiger partial charge in [-0.15, -0.1) is 0 Å². The number of carbonyl (C=O) groups excluding carboxylic acids is 1. The highest BCUT2D eigenvalue weighted by Gasteiger charge is 2.20. The zero-order valence-corrected chi connectivity index (χ0v) is 19.1. The van der Waals surface area contributed by atoms with Crippen molar-refractivity contribution in [3.8, 4) is 11.5 Å². The fraction of sp³-hybridized carbons (Fsp3) is 0.154. The molecule has 10 heteroatoms. The van der Waals surface area contributed by atoms with E-state index in [2.05, 4.69) is 17.3 Å². The van der Waals surface area contributed by atoms with E-state index in [1.807, 2.05) is 24.3 Å². The van der Waals surface area contributed by atoms with Gasteiger partial charge in [-0.2, -0.15) is 13.9 Å². The molecule has 1 N–H and O–H groups in total. The predicted octanol–water partition coefficient (Wildman–Crippen LogP) is 5.87. The first kappa shape index (κ1) is 24.8.